The second kappa shape index (κ2) is 4.55. The van der Waals surface area contributed by atoms with Crippen LogP contribution >= 0.6 is 11.6 Å². The minimum Gasteiger partial charge on any atom is -0.359 e. The van der Waals surface area contributed by atoms with Crippen molar-refractivity contribution in [3.05, 3.63) is 47.5 Å². The van der Waals surface area contributed by atoms with Gasteiger partial charge in [0.15, 0.2) is 0 Å². The zero-order valence-corrected chi connectivity index (χ0v) is 11.4. The lowest BCUT2D eigenvalue weighted by atomic mass is 10.2. The number of hydrogen-bond donors (Lipinski definition) is 1. The van der Waals surface area contributed by atoms with Crippen LogP contribution in [0.4, 0.5) is 11.5 Å². The molecule has 4 nitrogen and oxygen atoms in total. The van der Waals surface area contributed by atoms with E-state index in [2.05, 4.69) is 33.2 Å². The topological polar surface area (TPSA) is 44.8 Å². The standard InChI is InChI=1S/C14H13ClN4/c1-9-7-10-8-11(3-4-12(10)17-9)19(2)13-5-6-16-14(15)18-13/h3-8,17H,1-2H3. The summed E-state index contributed by atoms with van der Waals surface area (Å²) in [5.41, 5.74) is 3.34. The highest BCUT2D eigenvalue weighted by molar-refractivity contribution is 6.28. The van der Waals surface area contributed by atoms with Crippen LogP contribution < -0.4 is 4.90 Å². The van der Waals surface area contributed by atoms with Crippen molar-refractivity contribution in [1.82, 2.24) is 15.0 Å². The van der Waals surface area contributed by atoms with Gasteiger partial charge in [0.2, 0.25) is 5.28 Å². The van der Waals surface area contributed by atoms with Crippen LogP contribution in [-0.2, 0) is 0 Å². The molecule has 0 unspecified atom stereocenters. The van der Waals surface area contributed by atoms with Gasteiger partial charge >= 0.3 is 0 Å². The van der Waals surface area contributed by atoms with Gasteiger partial charge in [-0.05, 0) is 48.9 Å². The lowest BCUT2D eigenvalue weighted by molar-refractivity contribution is 1.08. The van der Waals surface area contributed by atoms with Crippen LogP contribution in [0, 0.1) is 6.92 Å². The number of halogens is 1. The largest absolute Gasteiger partial charge is 0.359 e. The van der Waals surface area contributed by atoms with E-state index in [4.69, 9.17) is 11.6 Å². The van der Waals surface area contributed by atoms with Crippen molar-refractivity contribution in [2.24, 2.45) is 0 Å². The van der Waals surface area contributed by atoms with Crippen molar-refractivity contribution in [1.29, 1.82) is 0 Å². The van der Waals surface area contributed by atoms with Crippen molar-refractivity contribution in [3.8, 4) is 0 Å². The molecule has 0 amide bonds. The van der Waals surface area contributed by atoms with Crippen LogP contribution in [0.25, 0.3) is 10.9 Å². The highest BCUT2D eigenvalue weighted by atomic mass is 35.5. The van der Waals surface area contributed by atoms with E-state index in [1.165, 1.54) is 5.39 Å². The zero-order chi connectivity index (χ0) is 13.4. The molecule has 3 aromatic rings. The van der Waals surface area contributed by atoms with Crippen LogP contribution in [0.3, 0.4) is 0 Å². The van der Waals surface area contributed by atoms with Crippen LogP contribution in [0.15, 0.2) is 36.5 Å². The lowest BCUT2D eigenvalue weighted by Gasteiger charge is -2.18. The number of H-pyrrole nitrogens is 1. The first-order valence-corrected chi connectivity index (χ1v) is 6.33. The van der Waals surface area contributed by atoms with Gasteiger partial charge in [-0.15, -0.1) is 0 Å². The van der Waals surface area contributed by atoms with Crippen LogP contribution in [0.2, 0.25) is 5.28 Å². The van der Waals surface area contributed by atoms with Crippen molar-refractivity contribution < 1.29 is 0 Å². The Hall–Kier alpha value is -2.07. The Bertz CT molecular complexity index is 735. The Morgan fingerprint density at radius 3 is 2.84 bits per heavy atom. The molecular weight excluding hydrogens is 260 g/mol. The van der Waals surface area contributed by atoms with Crippen LogP contribution in [-0.4, -0.2) is 22.0 Å². The summed E-state index contributed by atoms with van der Waals surface area (Å²) in [6.45, 7) is 2.05. The Labute approximate surface area is 116 Å². The average Bonchev–Trinajstić information content (AvgIpc) is 2.76. The molecule has 0 aliphatic carbocycles. The van der Waals surface area contributed by atoms with Crippen molar-refractivity contribution in [3.63, 3.8) is 0 Å². The zero-order valence-electron chi connectivity index (χ0n) is 10.7. The molecule has 1 N–H and O–H groups in total. The quantitative estimate of drug-likeness (QED) is 0.724. The number of hydrogen-bond acceptors (Lipinski definition) is 3. The van der Waals surface area contributed by atoms with Gasteiger partial charge in [0.05, 0.1) is 0 Å². The predicted molar refractivity (Wildman–Crippen MR) is 78.1 cm³/mol. The molecule has 0 aliphatic rings. The molecule has 96 valence electrons. The van der Waals surface area contributed by atoms with Gasteiger partial charge in [-0.25, -0.2) is 9.97 Å². The summed E-state index contributed by atoms with van der Waals surface area (Å²) >= 11 is 5.82. The molecule has 2 aromatic heterocycles. The van der Waals surface area contributed by atoms with E-state index < -0.39 is 0 Å². The third kappa shape index (κ3) is 2.27. The van der Waals surface area contributed by atoms with Gasteiger partial charge in [-0.1, -0.05) is 0 Å². The molecule has 0 spiro atoms. The summed E-state index contributed by atoms with van der Waals surface area (Å²) < 4.78 is 0. The number of fused-ring (bicyclic) bond motifs is 1. The van der Waals surface area contributed by atoms with Crippen molar-refractivity contribution in [2.75, 3.05) is 11.9 Å². The lowest BCUT2D eigenvalue weighted by Crippen LogP contribution is -2.11. The number of aromatic nitrogens is 3. The summed E-state index contributed by atoms with van der Waals surface area (Å²) in [7, 11) is 1.96. The number of aromatic amines is 1. The van der Waals surface area contributed by atoms with E-state index in [0.29, 0.717) is 0 Å². The number of rotatable bonds is 2. The van der Waals surface area contributed by atoms with E-state index in [1.54, 1.807) is 6.20 Å². The highest BCUT2D eigenvalue weighted by Crippen LogP contribution is 2.26. The maximum atomic E-state index is 5.82. The SMILES string of the molecule is Cc1cc2cc(N(C)c3ccnc(Cl)n3)ccc2[nH]1. The van der Waals surface area contributed by atoms with E-state index in [-0.39, 0.29) is 5.28 Å². The number of nitrogens with zero attached hydrogens (tertiary/aromatic N) is 3. The molecule has 0 fully saturated rings. The monoisotopic (exact) mass is 272 g/mol. The van der Waals surface area contributed by atoms with Gasteiger partial charge < -0.3 is 9.88 Å². The number of benzene rings is 1. The summed E-state index contributed by atoms with van der Waals surface area (Å²) in [6.07, 6.45) is 1.65. The molecule has 19 heavy (non-hydrogen) atoms. The second-order valence-corrected chi connectivity index (χ2v) is 4.80. The molecule has 3 rings (SSSR count). The Morgan fingerprint density at radius 1 is 1.21 bits per heavy atom. The maximum Gasteiger partial charge on any atom is 0.224 e. The molecule has 0 radical (unpaired) electrons. The molecule has 5 heteroatoms. The molecule has 0 saturated heterocycles. The fraction of sp³-hybridized carbons (Fsp3) is 0.143. The number of anilines is 2. The second-order valence-electron chi connectivity index (χ2n) is 4.47. The van der Waals surface area contributed by atoms with Gasteiger partial charge in [0.1, 0.15) is 5.82 Å². The normalized spacial score (nSPS) is 10.9. The molecular formula is C14H13ClN4. The third-order valence-corrected chi connectivity index (χ3v) is 3.26. The van der Waals surface area contributed by atoms with E-state index in [9.17, 15) is 0 Å². The van der Waals surface area contributed by atoms with E-state index >= 15 is 0 Å². The summed E-state index contributed by atoms with van der Waals surface area (Å²) in [4.78, 5) is 13.4. The molecule has 1 aromatic carbocycles. The van der Waals surface area contributed by atoms with E-state index in [0.717, 1.165) is 22.7 Å². The Morgan fingerprint density at radius 2 is 2.05 bits per heavy atom. The summed E-state index contributed by atoms with van der Waals surface area (Å²) in [5, 5.41) is 1.44. The first-order chi connectivity index (χ1) is 9.13. The number of aryl methyl sites for hydroxylation is 1. The smallest absolute Gasteiger partial charge is 0.224 e. The molecule has 0 bridgehead atoms. The Balaban J connectivity index is 2.03. The summed E-state index contributed by atoms with van der Waals surface area (Å²) in [5.74, 6) is 0.770. The average molecular weight is 273 g/mol. The Kier molecular flexibility index (Phi) is 2.87. The molecule has 2 heterocycles. The third-order valence-electron chi connectivity index (χ3n) is 3.08. The van der Waals surface area contributed by atoms with Gasteiger partial charge in [-0.2, -0.15) is 0 Å². The maximum absolute atomic E-state index is 5.82. The van der Waals surface area contributed by atoms with Crippen molar-refractivity contribution in [2.45, 2.75) is 6.92 Å². The van der Waals surface area contributed by atoms with Gasteiger partial charge in [0.25, 0.3) is 0 Å². The first kappa shape index (κ1) is 12.0. The summed E-state index contributed by atoms with van der Waals surface area (Å²) in [6, 6.07) is 10.2. The van der Waals surface area contributed by atoms with Crippen LogP contribution in [0.5, 0.6) is 0 Å². The fourth-order valence-electron chi connectivity index (χ4n) is 2.12. The minimum absolute atomic E-state index is 0.253. The van der Waals surface area contributed by atoms with Gasteiger partial charge in [-0.3, -0.25) is 0 Å². The molecule has 0 atom stereocenters. The minimum atomic E-state index is 0.253. The van der Waals surface area contributed by atoms with E-state index in [1.807, 2.05) is 31.0 Å². The van der Waals surface area contributed by atoms with Crippen molar-refractivity contribution >= 4 is 34.0 Å². The molecule has 0 aliphatic heterocycles. The van der Waals surface area contributed by atoms with Crippen LogP contribution in [0.1, 0.15) is 5.69 Å². The first-order valence-electron chi connectivity index (χ1n) is 5.95. The van der Waals surface area contributed by atoms with Gasteiger partial charge in [0, 0.05) is 35.5 Å². The number of nitrogens with one attached hydrogen (secondary N) is 1. The predicted octanol–water partition coefficient (Wildman–Crippen LogP) is 3.69. The molecule has 0 saturated carbocycles. The fourth-order valence-corrected chi connectivity index (χ4v) is 2.26. The highest BCUT2D eigenvalue weighted by Gasteiger charge is 2.07.